The number of unbranched alkanes of at least 4 members (excludes halogenated alkanes) is 5. The van der Waals surface area contributed by atoms with Crippen LogP contribution in [0.2, 0.25) is 0 Å². The number of carbonyl (C=O) groups excluding carboxylic acids is 6. The highest BCUT2D eigenvalue weighted by Crippen LogP contribution is 2.40. The third-order valence-corrected chi connectivity index (χ3v) is 19.3. The summed E-state index contributed by atoms with van der Waals surface area (Å²) in [6, 6.07) is -2.16. The number of nitrogens with zero attached hydrogens (tertiary/aromatic N) is 4. The molecular weight excluding hydrogens is 1340 g/mol. The second-order valence-corrected chi connectivity index (χ2v) is 29.4. The lowest BCUT2D eigenvalue weighted by Gasteiger charge is -2.35. The fourth-order valence-electron chi connectivity index (χ4n) is 10.7. The Bertz CT molecular complexity index is 2850. The van der Waals surface area contributed by atoms with Crippen molar-refractivity contribution in [3.63, 3.8) is 0 Å². The van der Waals surface area contributed by atoms with Crippen LogP contribution < -0.4 is 37.2 Å². The van der Waals surface area contributed by atoms with Crippen LogP contribution >= 0.6 is 0 Å². The van der Waals surface area contributed by atoms with Gasteiger partial charge < -0.3 is 78.1 Å². The quantitative estimate of drug-likeness (QED) is 0.0326. The molecule has 1 aliphatic heterocycles. The number of carboxylic acid groups (broad SMARTS) is 8. The van der Waals surface area contributed by atoms with E-state index in [9.17, 15) is 103 Å². The van der Waals surface area contributed by atoms with Crippen molar-refractivity contribution in [2.45, 2.75) is 196 Å². The minimum atomic E-state index is -1.64. The van der Waals surface area contributed by atoms with Crippen LogP contribution in [0.25, 0.3) is 0 Å². The van der Waals surface area contributed by atoms with Crippen LogP contribution in [0.15, 0.2) is 29.2 Å². The standard InChI is InChI=1S/C65H104FN11O22S/c1-64(2,3)62(66)100(65(4,5)6)43-24-22-42(23-25-43)56(89)69-38-47(70-51(80)27-26-48(61(97)98)77-36-34-75(40-54(85)86)32-30-74(39-53(83)84)31-33-76(35-37-77)41-55(87)88)57(90)71-44(58(91)92)16-11-13-28-67-49(78)19-9-7-8-10-20-50(79)68-29-14-12-17-45(59(93)94)72-63(99)73-46(60(95)96)18-15-21-52(81)82/h22-25,44-48,62H,7-21,26-41H2,1-6H3,(H14-,67,68,69,70,71,72,73,78,79,80,81,82,83,84,85,86,87,88,89,90,91,92,93,94,95,96,97,98,99)/p+1/t44-,45+,46+,47-,48+,62-,100?/m1/s1. The van der Waals surface area contributed by atoms with Gasteiger partial charge in [0.25, 0.3) is 11.4 Å². The van der Waals surface area contributed by atoms with E-state index >= 15 is 4.39 Å². The average Bonchev–Trinajstić information content (AvgIpc) is 0.795. The number of nitrogens with one attached hydrogen (secondary N) is 7. The second kappa shape index (κ2) is 45.5. The van der Waals surface area contributed by atoms with Crippen molar-refractivity contribution in [1.29, 1.82) is 0 Å². The molecule has 7 amide bonds. The number of hydrogen-bond acceptors (Lipinski definition) is 18. The average molecular weight is 1440 g/mol. The molecule has 0 radical (unpaired) electrons. The SMILES string of the molecule is CC(C)(C)[C@H](F)[S+](c1ccc(C(=O)NC[C@@H](NC(=O)CC[C@@H](C(=O)O)N2CCN(CC(=O)O)CCN(CC(=O)O)CCN(CC(=O)O)CC2)C(=O)N[C@H](CCCCNC(=O)CCCCCCC(=O)NCCCC[C@H](NC(=O)N[C@@H](CCCC(=O)O)C(=O)O)C(=O)O)C(=O)O)cc1)C(C)(C)C. The molecule has 1 aromatic carbocycles. The third kappa shape index (κ3) is 36.7. The van der Waals surface area contributed by atoms with Gasteiger partial charge in [-0.05, 0) is 116 Å². The Hall–Kier alpha value is -8.28. The zero-order valence-corrected chi connectivity index (χ0v) is 58.9. The monoisotopic (exact) mass is 1440 g/mol. The maximum absolute atomic E-state index is 16.0. The van der Waals surface area contributed by atoms with E-state index in [0.29, 0.717) is 43.4 Å². The molecule has 0 bridgehead atoms. The summed E-state index contributed by atoms with van der Waals surface area (Å²) in [6.45, 7) is 9.62. The van der Waals surface area contributed by atoms with Gasteiger partial charge in [0.2, 0.25) is 23.6 Å². The molecular formula is C65H105FN11O22S+. The third-order valence-electron chi connectivity index (χ3n) is 16.1. The molecule has 1 unspecified atom stereocenters. The molecule has 1 aromatic rings. The Morgan fingerprint density at radius 1 is 0.440 bits per heavy atom. The minimum Gasteiger partial charge on any atom is -0.481 e. The molecule has 15 N–H and O–H groups in total. The maximum atomic E-state index is 16.0. The molecule has 0 saturated carbocycles. The number of halogens is 1. The van der Waals surface area contributed by atoms with Gasteiger partial charge in [0.15, 0.2) is 4.90 Å². The molecule has 0 aliphatic carbocycles. The number of carboxylic acids is 8. The van der Waals surface area contributed by atoms with Gasteiger partial charge >= 0.3 is 53.8 Å². The highest BCUT2D eigenvalue weighted by Gasteiger charge is 2.49. The Morgan fingerprint density at radius 3 is 1.25 bits per heavy atom. The topological polar surface area (TPSA) is 498 Å². The van der Waals surface area contributed by atoms with Crippen molar-refractivity contribution >= 4 is 94.2 Å². The molecule has 1 saturated heterocycles. The van der Waals surface area contributed by atoms with Crippen molar-refractivity contribution < 1.29 is 112 Å². The Balaban J connectivity index is 2.09. The first-order chi connectivity index (χ1) is 46.9. The van der Waals surface area contributed by atoms with Crippen LogP contribution in [-0.2, 0) is 68.4 Å². The van der Waals surface area contributed by atoms with Crippen LogP contribution in [-0.4, -0.2) is 276 Å². The number of urea groups is 1. The van der Waals surface area contributed by atoms with Gasteiger partial charge in [-0.2, -0.15) is 4.39 Å². The fourth-order valence-corrected chi connectivity index (χ4v) is 13.4. The predicted octanol–water partition coefficient (Wildman–Crippen LogP) is 1.67. The van der Waals surface area contributed by atoms with Gasteiger partial charge in [0.1, 0.15) is 35.0 Å². The van der Waals surface area contributed by atoms with E-state index in [4.69, 9.17) is 5.11 Å². The Morgan fingerprint density at radius 2 is 0.860 bits per heavy atom. The maximum Gasteiger partial charge on any atom is 0.326 e. The zero-order valence-electron chi connectivity index (χ0n) is 58.1. The van der Waals surface area contributed by atoms with Gasteiger partial charge in [-0.25, -0.2) is 19.2 Å². The van der Waals surface area contributed by atoms with Gasteiger partial charge in [-0.3, -0.25) is 67.5 Å². The number of rotatable bonds is 45. The molecule has 0 spiro atoms. The number of aliphatic carboxylic acids is 8. The molecule has 0 aromatic heterocycles. The minimum absolute atomic E-state index is 0.0217. The highest BCUT2D eigenvalue weighted by atomic mass is 32.2. The van der Waals surface area contributed by atoms with Crippen molar-refractivity contribution in [1.82, 2.24) is 56.8 Å². The van der Waals surface area contributed by atoms with Crippen LogP contribution in [0, 0.1) is 5.41 Å². The first-order valence-corrected chi connectivity index (χ1v) is 34.8. The molecule has 1 heterocycles. The molecule has 1 fully saturated rings. The molecule has 564 valence electrons. The van der Waals surface area contributed by atoms with E-state index in [0.717, 1.165) is 0 Å². The summed E-state index contributed by atoms with van der Waals surface area (Å²) in [4.78, 5) is 181. The Labute approximate surface area is 584 Å². The largest absolute Gasteiger partial charge is 0.481 e. The summed E-state index contributed by atoms with van der Waals surface area (Å²) in [5.74, 6) is -13.4. The van der Waals surface area contributed by atoms with E-state index in [2.05, 4.69) is 37.2 Å². The number of carbonyl (C=O) groups is 14. The summed E-state index contributed by atoms with van der Waals surface area (Å²) in [7, 11) is -0.924. The first-order valence-electron chi connectivity index (χ1n) is 33.5. The van der Waals surface area contributed by atoms with Gasteiger partial charge in [0, 0.05) is 109 Å². The van der Waals surface area contributed by atoms with Crippen LogP contribution in [0.3, 0.4) is 0 Å². The zero-order chi connectivity index (χ0) is 75.3. The van der Waals surface area contributed by atoms with Crippen molar-refractivity contribution in [3.8, 4) is 0 Å². The van der Waals surface area contributed by atoms with Gasteiger partial charge in [0.05, 0.1) is 30.5 Å². The molecule has 1 aliphatic rings. The summed E-state index contributed by atoms with van der Waals surface area (Å²) < 4.78 is 15.5. The van der Waals surface area contributed by atoms with Crippen molar-refractivity contribution in [3.05, 3.63) is 29.8 Å². The molecule has 33 nitrogen and oxygen atoms in total. The molecule has 35 heteroatoms. The van der Waals surface area contributed by atoms with Crippen molar-refractivity contribution in [2.75, 3.05) is 91.6 Å². The number of amides is 7. The smallest absolute Gasteiger partial charge is 0.326 e. The van der Waals surface area contributed by atoms with E-state index in [1.54, 1.807) is 32.9 Å². The lowest BCUT2D eigenvalue weighted by atomic mass is 9.99. The van der Waals surface area contributed by atoms with Crippen LogP contribution in [0.4, 0.5) is 9.18 Å². The lowest BCUT2D eigenvalue weighted by Crippen LogP contribution is -2.56. The van der Waals surface area contributed by atoms with Gasteiger partial charge in [-0.1, -0.05) is 33.6 Å². The van der Waals surface area contributed by atoms with E-state index in [1.807, 2.05) is 20.8 Å². The van der Waals surface area contributed by atoms with Crippen molar-refractivity contribution in [2.24, 2.45) is 5.41 Å². The first kappa shape index (κ1) is 87.8. The van der Waals surface area contributed by atoms with Crippen LogP contribution in [0.1, 0.15) is 161 Å². The number of hydrogen-bond donors (Lipinski definition) is 15. The fraction of sp³-hybridized carbons (Fsp3) is 0.692. The van der Waals surface area contributed by atoms with Gasteiger partial charge in [-0.15, -0.1) is 0 Å². The number of alkyl halides is 1. The normalized spacial score (nSPS) is 16.0. The van der Waals surface area contributed by atoms with E-state index in [-0.39, 0.29) is 141 Å². The summed E-state index contributed by atoms with van der Waals surface area (Å²) in [6.07, 6.45) is 2.14. The highest BCUT2D eigenvalue weighted by molar-refractivity contribution is 7.98. The second-order valence-electron chi connectivity index (χ2n) is 26.6. The van der Waals surface area contributed by atoms with E-state index in [1.165, 1.54) is 31.7 Å². The molecule has 100 heavy (non-hydrogen) atoms. The summed E-state index contributed by atoms with van der Waals surface area (Å²) >= 11 is 0. The number of benzene rings is 1. The predicted molar refractivity (Wildman–Crippen MR) is 362 cm³/mol. The Kier molecular flexibility index (Phi) is 39.9. The lowest BCUT2D eigenvalue weighted by molar-refractivity contribution is -0.145. The molecule has 2 rings (SSSR count). The molecule has 7 atom stereocenters. The summed E-state index contributed by atoms with van der Waals surface area (Å²) in [5.41, 5.74) is -1.84. The van der Waals surface area contributed by atoms with Crippen LogP contribution in [0.5, 0.6) is 0 Å². The summed E-state index contributed by atoms with van der Waals surface area (Å²) in [5, 5.41) is 94.7. The van der Waals surface area contributed by atoms with E-state index < -0.39 is 167 Å².